The van der Waals surface area contributed by atoms with Gasteiger partial charge in [-0.05, 0) is 38.3 Å². The summed E-state index contributed by atoms with van der Waals surface area (Å²) in [6.07, 6.45) is 1.12. The first-order chi connectivity index (χ1) is 10.1. The Balaban J connectivity index is 0.00000441. The number of guanidine groups is 1. The van der Waals surface area contributed by atoms with Gasteiger partial charge in [-0.2, -0.15) is 0 Å². The van der Waals surface area contributed by atoms with Gasteiger partial charge in [-0.1, -0.05) is 13.8 Å². The molecule has 0 bridgehead atoms. The van der Waals surface area contributed by atoms with Crippen molar-refractivity contribution in [1.29, 1.82) is 0 Å². The number of hydrogen-bond acceptors (Lipinski definition) is 3. The Morgan fingerprint density at radius 2 is 2.05 bits per heavy atom. The van der Waals surface area contributed by atoms with E-state index in [1.54, 1.807) is 11.3 Å². The molecule has 1 aromatic rings. The van der Waals surface area contributed by atoms with Crippen molar-refractivity contribution < 1.29 is 4.74 Å². The zero-order chi connectivity index (χ0) is 15.5. The van der Waals surface area contributed by atoms with Crippen LogP contribution in [0.25, 0.3) is 0 Å². The van der Waals surface area contributed by atoms with Gasteiger partial charge in [-0.3, -0.25) is 0 Å². The SMILES string of the molecule is CCNC(=NCc1ccc(C)s1)NCCOCCC(C)C.I. The Morgan fingerprint density at radius 1 is 1.27 bits per heavy atom. The van der Waals surface area contributed by atoms with Crippen LogP contribution in [0.2, 0.25) is 0 Å². The maximum atomic E-state index is 5.60. The van der Waals surface area contributed by atoms with Crippen molar-refractivity contribution in [2.24, 2.45) is 10.9 Å². The monoisotopic (exact) mass is 439 g/mol. The highest BCUT2D eigenvalue weighted by Gasteiger charge is 1.99. The van der Waals surface area contributed by atoms with E-state index in [4.69, 9.17) is 4.74 Å². The van der Waals surface area contributed by atoms with Gasteiger partial charge in [0.2, 0.25) is 0 Å². The summed E-state index contributed by atoms with van der Waals surface area (Å²) in [6.45, 7) is 12.5. The molecule has 0 aliphatic rings. The number of rotatable bonds is 9. The fourth-order valence-corrected chi connectivity index (χ4v) is 2.55. The number of aryl methyl sites for hydroxylation is 1. The third-order valence-corrected chi connectivity index (χ3v) is 3.90. The van der Waals surface area contributed by atoms with Crippen LogP contribution in [0.4, 0.5) is 0 Å². The predicted octanol–water partition coefficient (Wildman–Crippen LogP) is 3.79. The number of ether oxygens (including phenoxy) is 1. The second-order valence-electron chi connectivity index (χ2n) is 5.43. The van der Waals surface area contributed by atoms with Crippen molar-refractivity contribution in [3.05, 3.63) is 21.9 Å². The van der Waals surface area contributed by atoms with Gasteiger partial charge in [0.25, 0.3) is 0 Å². The molecule has 0 fully saturated rings. The third kappa shape index (κ3) is 10.4. The van der Waals surface area contributed by atoms with Crippen molar-refractivity contribution in [1.82, 2.24) is 10.6 Å². The zero-order valence-corrected chi connectivity index (χ0v) is 17.3. The summed E-state index contributed by atoms with van der Waals surface area (Å²) in [4.78, 5) is 7.21. The molecule has 0 radical (unpaired) electrons. The van der Waals surface area contributed by atoms with Crippen molar-refractivity contribution in [2.75, 3.05) is 26.3 Å². The number of hydrogen-bond donors (Lipinski definition) is 2. The van der Waals surface area contributed by atoms with E-state index >= 15 is 0 Å². The van der Waals surface area contributed by atoms with E-state index in [0.29, 0.717) is 5.92 Å². The molecule has 0 saturated carbocycles. The molecule has 0 spiro atoms. The van der Waals surface area contributed by atoms with Gasteiger partial charge in [0.1, 0.15) is 0 Å². The molecule has 0 unspecified atom stereocenters. The van der Waals surface area contributed by atoms with E-state index < -0.39 is 0 Å². The third-order valence-electron chi connectivity index (χ3n) is 2.91. The summed E-state index contributed by atoms with van der Waals surface area (Å²) in [7, 11) is 0. The Labute approximate surface area is 156 Å². The Hall–Kier alpha value is -0.340. The molecule has 0 saturated heterocycles. The summed E-state index contributed by atoms with van der Waals surface area (Å²) in [5, 5.41) is 6.56. The van der Waals surface area contributed by atoms with Crippen LogP contribution in [-0.4, -0.2) is 32.3 Å². The van der Waals surface area contributed by atoms with Crippen LogP contribution in [0.15, 0.2) is 17.1 Å². The van der Waals surface area contributed by atoms with Crippen LogP contribution in [0.5, 0.6) is 0 Å². The highest BCUT2D eigenvalue weighted by atomic mass is 127. The number of thiophene rings is 1. The molecule has 0 aliphatic heterocycles. The predicted molar refractivity (Wildman–Crippen MR) is 108 cm³/mol. The lowest BCUT2D eigenvalue weighted by molar-refractivity contribution is 0.128. The number of halogens is 1. The molecule has 0 aliphatic carbocycles. The van der Waals surface area contributed by atoms with Crippen LogP contribution in [0.3, 0.4) is 0 Å². The zero-order valence-electron chi connectivity index (χ0n) is 14.1. The minimum atomic E-state index is 0. The molecule has 1 heterocycles. The van der Waals surface area contributed by atoms with Gasteiger partial charge < -0.3 is 15.4 Å². The number of nitrogens with one attached hydrogen (secondary N) is 2. The summed E-state index contributed by atoms with van der Waals surface area (Å²) in [6, 6.07) is 4.28. The van der Waals surface area contributed by atoms with E-state index in [1.807, 2.05) is 0 Å². The van der Waals surface area contributed by atoms with Crippen molar-refractivity contribution in [3.8, 4) is 0 Å². The topological polar surface area (TPSA) is 45.7 Å². The minimum absolute atomic E-state index is 0. The van der Waals surface area contributed by atoms with Crippen LogP contribution >= 0.6 is 35.3 Å². The van der Waals surface area contributed by atoms with E-state index in [-0.39, 0.29) is 24.0 Å². The fourth-order valence-electron chi connectivity index (χ4n) is 1.73. The second-order valence-corrected chi connectivity index (χ2v) is 6.80. The lowest BCUT2D eigenvalue weighted by atomic mass is 10.1. The maximum absolute atomic E-state index is 5.60. The van der Waals surface area contributed by atoms with Crippen molar-refractivity contribution in [3.63, 3.8) is 0 Å². The lowest BCUT2D eigenvalue weighted by Crippen LogP contribution is -2.39. The summed E-state index contributed by atoms with van der Waals surface area (Å²) in [5.41, 5.74) is 0. The van der Waals surface area contributed by atoms with Crippen LogP contribution in [0.1, 0.15) is 36.9 Å². The molecule has 0 amide bonds. The Bertz CT molecular complexity index is 421. The Kier molecular flexibility index (Phi) is 12.9. The lowest BCUT2D eigenvalue weighted by Gasteiger charge is -2.11. The molecule has 22 heavy (non-hydrogen) atoms. The molecular weight excluding hydrogens is 409 g/mol. The van der Waals surface area contributed by atoms with E-state index in [2.05, 4.69) is 55.5 Å². The largest absolute Gasteiger partial charge is 0.380 e. The molecule has 2 N–H and O–H groups in total. The first-order valence-electron chi connectivity index (χ1n) is 7.77. The van der Waals surface area contributed by atoms with Crippen LogP contribution in [0, 0.1) is 12.8 Å². The molecule has 1 aromatic heterocycles. The minimum Gasteiger partial charge on any atom is -0.380 e. The quantitative estimate of drug-likeness (QED) is 0.266. The first-order valence-corrected chi connectivity index (χ1v) is 8.58. The average Bonchev–Trinajstić information content (AvgIpc) is 2.85. The van der Waals surface area contributed by atoms with Gasteiger partial charge in [-0.25, -0.2) is 4.99 Å². The van der Waals surface area contributed by atoms with Gasteiger partial charge in [0.15, 0.2) is 5.96 Å². The van der Waals surface area contributed by atoms with Crippen molar-refractivity contribution >= 4 is 41.3 Å². The maximum Gasteiger partial charge on any atom is 0.191 e. The standard InChI is InChI=1S/C16H29N3OS.HI/c1-5-17-16(18-9-11-20-10-8-13(2)3)19-12-15-7-6-14(4)21-15;/h6-7,13H,5,8-12H2,1-4H3,(H2,17,18,19);1H. The fraction of sp³-hybridized carbons (Fsp3) is 0.688. The van der Waals surface area contributed by atoms with Gasteiger partial charge >= 0.3 is 0 Å². The summed E-state index contributed by atoms with van der Waals surface area (Å²) < 4.78 is 5.60. The first kappa shape index (κ1) is 21.7. The van der Waals surface area contributed by atoms with E-state index in [0.717, 1.165) is 45.2 Å². The molecular formula is C16H30IN3OS. The smallest absolute Gasteiger partial charge is 0.191 e. The van der Waals surface area contributed by atoms with Gasteiger partial charge in [-0.15, -0.1) is 35.3 Å². The average molecular weight is 439 g/mol. The van der Waals surface area contributed by atoms with E-state index in [1.165, 1.54) is 9.75 Å². The molecule has 4 nitrogen and oxygen atoms in total. The molecule has 1 rings (SSSR count). The highest BCUT2D eigenvalue weighted by Crippen LogP contribution is 2.15. The highest BCUT2D eigenvalue weighted by molar-refractivity contribution is 14.0. The normalized spacial score (nSPS) is 11.4. The number of aliphatic imine (C=N–C) groups is 1. The molecule has 6 heteroatoms. The second kappa shape index (κ2) is 13.1. The van der Waals surface area contributed by atoms with Gasteiger partial charge in [0.05, 0.1) is 13.2 Å². The molecule has 0 atom stereocenters. The van der Waals surface area contributed by atoms with Crippen LogP contribution < -0.4 is 10.6 Å². The van der Waals surface area contributed by atoms with Crippen LogP contribution in [-0.2, 0) is 11.3 Å². The summed E-state index contributed by atoms with van der Waals surface area (Å²) >= 11 is 1.80. The molecule has 128 valence electrons. The van der Waals surface area contributed by atoms with E-state index in [9.17, 15) is 0 Å². The molecule has 0 aromatic carbocycles. The van der Waals surface area contributed by atoms with Gasteiger partial charge in [0, 0.05) is 29.5 Å². The van der Waals surface area contributed by atoms with Crippen molar-refractivity contribution in [2.45, 2.75) is 40.7 Å². The summed E-state index contributed by atoms with van der Waals surface area (Å²) in [5.74, 6) is 1.56. The Morgan fingerprint density at radius 3 is 2.64 bits per heavy atom. The number of nitrogens with zero attached hydrogens (tertiary/aromatic N) is 1.